The van der Waals surface area contributed by atoms with Gasteiger partial charge in [-0.3, -0.25) is 4.79 Å². The Kier molecular flexibility index (Phi) is 6.66. The summed E-state index contributed by atoms with van der Waals surface area (Å²) in [4.78, 5) is 11.3. The van der Waals surface area contributed by atoms with Crippen molar-refractivity contribution in [3.05, 3.63) is 0 Å². The third-order valence-corrected chi connectivity index (χ3v) is 3.16. The van der Waals surface area contributed by atoms with E-state index >= 15 is 0 Å². The van der Waals surface area contributed by atoms with Gasteiger partial charge in [0, 0.05) is 39.4 Å². The highest BCUT2D eigenvalue weighted by molar-refractivity contribution is 7.90. The molecule has 0 aromatic heterocycles. The van der Waals surface area contributed by atoms with E-state index < -0.39 is 15.4 Å². The van der Waals surface area contributed by atoms with Gasteiger partial charge in [-0.25, -0.2) is 8.42 Å². The minimum atomic E-state index is -3.13. The molecule has 0 aliphatic carbocycles. The van der Waals surface area contributed by atoms with Crippen LogP contribution < -0.4 is 5.32 Å². The van der Waals surface area contributed by atoms with Crippen LogP contribution in [0.2, 0.25) is 0 Å². The summed E-state index contributed by atoms with van der Waals surface area (Å²) in [5.41, 5.74) is -1.04. The van der Waals surface area contributed by atoms with Gasteiger partial charge in [0.25, 0.3) is 0 Å². The topological polar surface area (TPSA) is 92.7 Å². The van der Waals surface area contributed by atoms with Crippen molar-refractivity contribution in [1.29, 1.82) is 0 Å². The Hall–Kier alpha value is -0.660. The van der Waals surface area contributed by atoms with E-state index in [2.05, 4.69) is 5.32 Å². The fourth-order valence-corrected chi connectivity index (χ4v) is 1.62. The SMILES string of the molecule is COCCC(C)(O)CNC(=O)CCS(C)(=O)=O. The van der Waals surface area contributed by atoms with Crippen LogP contribution in [0.15, 0.2) is 0 Å². The number of amides is 1. The molecule has 2 N–H and O–H groups in total. The molecule has 0 radical (unpaired) electrons. The number of hydrogen-bond donors (Lipinski definition) is 2. The molecule has 17 heavy (non-hydrogen) atoms. The first-order valence-corrected chi connectivity index (χ1v) is 7.38. The van der Waals surface area contributed by atoms with Gasteiger partial charge >= 0.3 is 0 Å². The predicted octanol–water partition coefficient (Wildman–Crippen LogP) is -0.675. The fourth-order valence-electron chi connectivity index (χ4n) is 1.07. The predicted molar refractivity (Wildman–Crippen MR) is 64.5 cm³/mol. The van der Waals surface area contributed by atoms with Crippen LogP contribution in [0.25, 0.3) is 0 Å². The van der Waals surface area contributed by atoms with Crippen LogP contribution in [-0.4, -0.2) is 57.3 Å². The maximum absolute atomic E-state index is 11.3. The third kappa shape index (κ3) is 10.2. The zero-order valence-corrected chi connectivity index (χ0v) is 11.3. The normalized spacial score (nSPS) is 15.3. The van der Waals surface area contributed by atoms with E-state index in [0.717, 1.165) is 6.26 Å². The van der Waals surface area contributed by atoms with Crippen LogP contribution in [0.1, 0.15) is 19.8 Å². The molecule has 0 saturated heterocycles. The van der Waals surface area contributed by atoms with E-state index in [0.29, 0.717) is 13.0 Å². The second kappa shape index (κ2) is 6.93. The molecule has 1 atom stereocenters. The summed E-state index contributed by atoms with van der Waals surface area (Å²) in [6, 6.07) is 0. The second-order valence-corrected chi connectivity index (χ2v) is 6.66. The van der Waals surface area contributed by atoms with E-state index in [9.17, 15) is 18.3 Å². The molecule has 0 spiro atoms. The Labute approximate surface area is 102 Å². The van der Waals surface area contributed by atoms with Gasteiger partial charge in [-0.05, 0) is 6.92 Å². The Morgan fingerprint density at radius 3 is 2.53 bits per heavy atom. The molecule has 7 heteroatoms. The fraction of sp³-hybridized carbons (Fsp3) is 0.900. The maximum atomic E-state index is 11.3. The van der Waals surface area contributed by atoms with Gasteiger partial charge in [-0.2, -0.15) is 0 Å². The van der Waals surface area contributed by atoms with Gasteiger partial charge in [0.1, 0.15) is 9.84 Å². The highest BCUT2D eigenvalue weighted by Gasteiger charge is 2.20. The first-order chi connectivity index (χ1) is 7.66. The van der Waals surface area contributed by atoms with Crippen molar-refractivity contribution in [3.8, 4) is 0 Å². The lowest BCUT2D eigenvalue weighted by Gasteiger charge is -2.23. The molecule has 102 valence electrons. The zero-order valence-electron chi connectivity index (χ0n) is 10.5. The Balaban J connectivity index is 3.91. The van der Waals surface area contributed by atoms with Gasteiger partial charge < -0.3 is 15.2 Å². The average molecular weight is 267 g/mol. The van der Waals surface area contributed by atoms with Crippen molar-refractivity contribution < 1.29 is 23.1 Å². The molecule has 0 fully saturated rings. The van der Waals surface area contributed by atoms with Gasteiger partial charge in [0.05, 0.1) is 11.4 Å². The van der Waals surface area contributed by atoms with Crippen molar-refractivity contribution in [2.45, 2.75) is 25.4 Å². The smallest absolute Gasteiger partial charge is 0.221 e. The molecule has 0 aromatic rings. The summed E-state index contributed by atoms with van der Waals surface area (Å²) < 4.78 is 26.5. The van der Waals surface area contributed by atoms with Crippen LogP contribution >= 0.6 is 0 Å². The summed E-state index contributed by atoms with van der Waals surface area (Å²) in [5.74, 6) is -0.563. The highest BCUT2D eigenvalue weighted by atomic mass is 32.2. The van der Waals surface area contributed by atoms with Crippen LogP contribution in [-0.2, 0) is 19.4 Å². The van der Waals surface area contributed by atoms with E-state index in [4.69, 9.17) is 4.74 Å². The lowest BCUT2D eigenvalue weighted by atomic mass is 10.0. The average Bonchev–Trinajstić information content (AvgIpc) is 2.20. The van der Waals surface area contributed by atoms with E-state index in [-0.39, 0.29) is 24.6 Å². The number of carbonyl (C=O) groups excluding carboxylic acids is 1. The molecule has 1 unspecified atom stereocenters. The first kappa shape index (κ1) is 16.3. The maximum Gasteiger partial charge on any atom is 0.221 e. The molecular weight excluding hydrogens is 246 g/mol. The summed E-state index contributed by atoms with van der Waals surface area (Å²) in [6.07, 6.45) is 1.39. The quantitative estimate of drug-likeness (QED) is 0.608. The van der Waals surface area contributed by atoms with Crippen LogP contribution in [0, 0.1) is 0 Å². The van der Waals surface area contributed by atoms with Gasteiger partial charge in [-0.15, -0.1) is 0 Å². The Morgan fingerprint density at radius 2 is 2.06 bits per heavy atom. The van der Waals surface area contributed by atoms with Gasteiger partial charge in [0.15, 0.2) is 0 Å². The largest absolute Gasteiger partial charge is 0.388 e. The lowest BCUT2D eigenvalue weighted by molar-refractivity contribution is -0.122. The molecule has 0 aromatic carbocycles. The first-order valence-electron chi connectivity index (χ1n) is 5.32. The number of carbonyl (C=O) groups is 1. The zero-order chi connectivity index (χ0) is 13.5. The summed E-state index contributed by atoms with van der Waals surface area (Å²) in [7, 11) is -1.60. The van der Waals surface area contributed by atoms with Crippen LogP contribution in [0.3, 0.4) is 0 Å². The van der Waals surface area contributed by atoms with E-state index in [1.54, 1.807) is 6.92 Å². The second-order valence-electron chi connectivity index (χ2n) is 4.40. The summed E-state index contributed by atoms with van der Waals surface area (Å²) >= 11 is 0. The van der Waals surface area contributed by atoms with Crippen LogP contribution in [0.4, 0.5) is 0 Å². The van der Waals surface area contributed by atoms with E-state index in [1.807, 2.05) is 0 Å². The van der Waals surface area contributed by atoms with E-state index in [1.165, 1.54) is 7.11 Å². The molecule has 0 aliphatic heterocycles. The monoisotopic (exact) mass is 267 g/mol. The van der Waals surface area contributed by atoms with Crippen molar-refractivity contribution in [2.24, 2.45) is 0 Å². The highest BCUT2D eigenvalue weighted by Crippen LogP contribution is 2.07. The number of ether oxygens (including phenoxy) is 1. The lowest BCUT2D eigenvalue weighted by Crippen LogP contribution is -2.41. The number of aliphatic hydroxyl groups is 1. The minimum Gasteiger partial charge on any atom is -0.388 e. The molecule has 0 aliphatic rings. The Morgan fingerprint density at radius 1 is 1.47 bits per heavy atom. The van der Waals surface area contributed by atoms with Crippen molar-refractivity contribution >= 4 is 15.7 Å². The molecule has 0 saturated carbocycles. The van der Waals surface area contributed by atoms with Crippen molar-refractivity contribution in [2.75, 3.05) is 32.3 Å². The number of rotatable bonds is 8. The third-order valence-electron chi connectivity index (χ3n) is 2.21. The summed E-state index contributed by atoms with van der Waals surface area (Å²) in [6.45, 7) is 2.06. The molecule has 1 amide bonds. The molecule has 6 nitrogen and oxygen atoms in total. The molecule has 0 heterocycles. The Bertz CT molecular complexity index is 337. The van der Waals surface area contributed by atoms with Gasteiger partial charge in [-0.1, -0.05) is 0 Å². The molecule has 0 rings (SSSR count). The number of nitrogens with one attached hydrogen (secondary N) is 1. The standard InChI is InChI=1S/C10H21NO5S/c1-10(13,5-6-16-2)8-11-9(12)4-7-17(3,14)15/h13H,4-8H2,1-3H3,(H,11,12). The van der Waals surface area contributed by atoms with Crippen molar-refractivity contribution in [1.82, 2.24) is 5.32 Å². The van der Waals surface area contributed by atoms with Gasteiger partial charge in [0.2, 0.25) is 5.91 Å². The van der Waals surface area contributed by atoms with Crippen molar-refractivity contribution in [3.63, 3.8) is 0 Å². The number of methoxy groups -OCH3 is 1. The molecule has 0 bridgehead atoms. The number of sulfone groups is 1. The van der Waals surface area contributed by atoms with Crippen LogP contribution in [0.5, 0.6) is 0 Å². The number of hydrogen-bond acceptors (Lipinski definition) is 5. The summed E-state index contributed by atoms with van der Waals surface area (Å²) in [5, 5.41) is 12.3. The minimum absolute atomic E-state index is 0.0823. The molecular formula is C10H21NO5S.